The van der Waals surface area contributed by atoms with Crippen molar-refractivity contribution in [2.45, 2.75) is 25.9 Å². The monoisotopic (exact) mass is 394 g/mol. The largest absolute Gasteiger partial charge is 0.493 e. The second kappa shape index (κ2) is 7.41. The van der Waals surface area contributed by atoms with Crippen LogP contribution in [0, 0.1) is 0 Å². The Balaban J connectivity index is 1.47. The first kappa shape index (κ1) is 18.0. The van der Waals surface area contributed by atoms with Gasteiger partial charge in [0.1, 0.15) is 0 Å². The molecular formula is C20H22N6O3. The van der Waals surface area contributed by atoms with E-state index in [1.165, 1.54) is 0 Å². The van der Waals surface area contributed by atoms with Crippen LogP contribution in [0.3, 0.4) is 0 Å². The quantitative estimate of drug-likeness (QED) is 0.662. The first-order valence-corrected chi connectivity index (χ1v) is 9.85. The van der Waals surface area contributed by atoms with Gasteiger partial charge in [-0.15, -0.1) is 10.2 Å². The van der Waals surface area contributed by atoms with Gasteiger partial charge in [0.25, 0.3) is 0 Å². The fourth-order valence-electron chi connectivity index (χ4n) is 4.09. The van der Waals surface area contributed by atoms with E-state index in [0.29, 0.717) is 31.3 Å². The molecule has 0 spiro atoms. The van der Waals surface area contributed by atoms with Gasteiger partial charge in [-0.3, -0.25) is 19.4 Å². The topological polar surface area (TPSA) is 108 Å². The Bertz CT molecular complexity index is 1090. The molecular weight excluding hydrogens is 372 g/mol. The van der Waals surface area contributed by atoms with E-state index in [0.717, 1.165) is 54.5 Å². The van der Waals surface area contributed by atoms with E-state index < -0.39 is 5.91 Å². The number of carbonyl (C=O) groups excluding carboxylic acids is 1. The van der Waals surface area contributed by atoms with Crippen molar-refractivity contribution in [3.8, 4) is 5.88 Å². The molecule has 1 amide bonds. The Labute approximate surface area is 167 Å². The summed E-state index contributed by atoms with van der Waals surface area (Å²) in [5.74, 6) is -0.490. The van der Waals surface area contributed by atoms with Crippen molar-refractivity contribution in [1.82, 2.24) is 19.7 Å². The van der Waals surface area contributed by atoms with Crippen molar-refractivity contribution >= 4 is 22.5 Å². The molecule has 1 aliphatic heterocycles. The molecule has 0 unspecified atom stereocenters. The zero-order valence-corrected chi connectivity index (χ0v) is 16.0. The molecule has 0 atom stereocenters. The molecule has 3 heterocycles. The lowest BCUT2D eigenvalue weighted by atomic mass is 10.2. The summed E-state index contributed by atoms with van der Waals surface area (Å²) < 4.78 is 7.20. The first-order valence-electron chi connectivity index (χ1n) is 9.85. The van der Waals surface area contributed by atoms with Gasteiger partial charge in [0.05, 0.1) is 25.4 Å². The van der Waals surface area contributed by atoms with Crippen LogP contribution in [0.2, 0.25) is 0 Å². The van der Waals surface area contributed by atoms with Crippen LogP contribution in [0.5, 0.6) is 5.88 Å². The molecule has 5 rings (SSSR count). The molecule has 3 aromatic rings. The van der Waals surface area contributed by atoms with Gasteiger partial charge in [0, 0.05) is 29.7 Å². The number of nitrogens with zero attached hydrogens (tertiary/aromatic N) is 5. The molecule has 2 aromatic heterocycles. The lowest BCUT2D eigenvalue weighted by Gasteiger charge is -2.27. The molecule has 9 nitrogen and oxygen atoms in total. The average Bonchev–Trinajstić information content (AvgIpc) is 3.42. The van der Waals surface area contributed by atoms with Crippen LogP contribution in [-0.4, -0.2) is 57.0 Å². The van der Waals surface area contributed by atoms with Gasteiger partial charge in [-0.1, -0.05) is 18.2 Å². The van der Waals surface area contributed by atoms with Gasteiger partial charge < -0.3 is 9.84 Å². The minimum atomic E-state index is -0.492. The fourth-order valence-corrected chi connectivity index (χ4v) is 4.09. The molecule has 1 saturated heterocycles. The highest BCUT2D eigenvalue weighted by Gasteiger charge is 2.24. The molecule has 29 heavy (non-hydrogen) atoms. The number of aromatic amines is 1. The maximum atomic E-state index is 12.6. The van der Waals surface area contributed by atoms with Crippen molar-refractivity contribution in [2.24, 2.45) is 10.2 Å². The Kier molecular flexibility index (Phi) is 4.61. The average molecular weight is 394 g/mol. The molecule has 2 N–H and O–H groups in total. The predicted molar refractivity (Wildman–Crippen MR) is 105 cm³/mol. The van der Waals surface area contributed by atoms with Gasteiger partial charge in [-0.25, -0.2) is 0 Å². The summed E-state index contributed by atoms with van der Waals surface area (Å²) in [6, 6.07) is 7.59. The molecule has 150 valence electrons. The first-order chi connectivity index (χ1) is 14.2. The van der Waals surface area contributed by atoms with E-state index in [-0.39, 0.29) is 5.88 Å². The highest BCUT2D eigenvalue weighted by Crippen LogP contribution is 2.39. The predicted octanol–water partition coefficient (Wildman–Crippen LogP) is 2.77. The second-order valence-corrected chi connectivity index (χ2v) is 7.38. The lowest BCUT2D eigenvalue weighted by Crippen LogP contribution is -2.37. The summed E-state index contributed by atoms with van der Waals surface area (Å²) in [6.45, 7) is 3.47. The van der Waals surface area contributed by atoms with E-state index in [4.69, 9.17) is 4.74 Å². The van der Waals surface area contributed by atoms with E-state index in [2.05, 4.69) is 25.3 Å². The van der Waals surface area contributed by atoms with Crippen LogP contribution in [0.4, 0.5) is 5.69 Å². The van der Waals surface area contributed by atoms with Crippen LogP contribution in [0.15, 0.2) is 34.5 Å². The molecule has 1 aliphatic carbocycles. The number of nitrogens with one attached hydrogen (secondary N) is 1. The second-order valence-electron chi connectivity index (χ2n) is 7.38. The number of morpholine rings is 1. The zero-order chi connectivity index (χ0) is 19.8. The number of H-pyrrole nitrogens is 1. The Hall–Kier alpha value is -3.04. The van der Waals surface area contributed by atoms with E-state index >= 15 is 0 Å². The van der Waals surface area contributed by atoms with Gasteiger partial charge in [0.2, 0.25) is 5.88 Å². The maximum Gasteiger partial charge on any atom is 0.316 e. The number of amides is 1. The zero-order valence-electron chi connectivity index (χ0n) is 16.0. The number of para-hydroxylation sites is 1. The summed E-state index contributed by atoms with van der Waals surface area (Å²) in [5, 5.41) is 26.6. The molecule has 1 fully saturated rings. The van der Waals surface area contributed by atoms with Crippen molar-refractivity contribution in [3.05, 3.63) is 41.2 Å². The number of rotatable bonds is 4. The Morgan fingerprint density at radius 3 is 2.93 bits per heavy atom. The van der Waals surface area contributed by atoms with Crippen LogP contribution < -0.4 is 0 Å². The fraction of sp³-hybridized carbons (Fsp3) is 0.400. The molecule has 9 heteroatoms. The third kappa shape index (κ3) is 3.22. The van der Waals surface area contributed by atoms with Gasteiger partial charge in [0.15, 0.2) is 11.4 Å². The molecule has 0 saturated carbocycles. The number of hydrogen-bond donors (Lipinski definition) is 2. The van der Waals surface area contributed by atoms with Crippen LogP contribution in [0.25, 0.3) is 10.9 Å². The number of azo groups is 1. The van der Waals surface area contributed by atoms with Gasteiger partial charge in [-0.05, 0) is 25.3 Å². The maximum absolute atomic E-state index is 12.6. The molecule has 0 radical (unpaired) electrons. The summed E-state index contributed by atoms with van der Waals surface area (Å²) in [5.41, 5.74) is 3.42. The summed E-state index contributed by atoms with van der Waals surface area (Å²) in [4.78, 5) is 14.8. The normalized spacial score (nSPS) is 17.4. The number of carbonyl (C=O) groups is 1. The van der Waals surface area contributed by atoms with Crippen LogP contribution >= 0.6 is 0 Å². The summed E-state index contributed by atoms with van der Waals surface area (Å²) >= 11 is 0. The standard InChI is InChI=1S/C20H22N6O3/c27-19(17-13-5-3-6-15(13)21-22-17)24-23-18-14-4-1-2-7-16(14)26(20(18)28)12-25-8-10-29-11-9-25/h1-2,4,7,28H,3,5-6,8-12H2,(H,21,22). The summed E-state index contributed by atoms with van der Waals surface area (Å²) in [6.07, 6.45) is 2.74. The van der Waals surface area contributed by atoms with Gasteiger partial charge in [-0.2, -0.15) is 5.10 Å². The lowest BCUT2D eigenvalue weighted by molar-refractivity contribution is 0.0231. The highest BCUT2D eigenvalue weighted by atomic mass is 16.5. The minimum absolute atomic E-state index is 0.00139. The van der Waals surface area contributed by atoms with Crippen LogP contribution in [-0.2, 0) is 24.2 Å². The minimum Gasteiger partial charge on any atom is -0.493 e. The highest BCUT2D eigenvalue weighted by molar-refractivity contribution is 5.97. The van der Waals surface area contributed by atoms with Crippen molar-refractivity contribution in [2.75, 3.05) is 26.3 Å². The smallest absolute Gasteiger partial charge is 0.316 e. The van der Waals surface area contributed by atoms with Crippen LogP contribution in [0.1, 0.15) is 28.2 Å². The molecule has 1 aromatic carbocycles. The number of aromatic hydroxyl groups is 1. The number of aromatic nitrogens is 3. The Morgan fingerprint density at radius 2 is 2.07 bits per heavy atom. The van der Waals surface area contributed by atoms with Gasteiger partial charge >= 0.3 is 5.91 Å². The number of aryl methyl sites for hydroxylation is 1. The van der Waals surface area contributed by atoms with Crippen molar-refractivity contribution in [1.29, 1.82) is 0 Å². The third-order valence-electron chi connectivity index (χ3n) is 5.61. The number of hydrogen-bond acceptors (Lipinski definition) is 6. The number of ether oxygens (including phenoxy) is 1. The SMILES string of the molecule is O=C(N=Nc1c(O)n(CN2CCOCC2)c2ccccc12)c1n[nH]c2c1CCC2. The number of fused-ring (bicyclic) bond motifs is 2. The van der Waals surface area contributed by atoms with E-state index in [1.54, 1.807) is 4.57 Å². The third-order valence-corrected chi connectivity index (χ3v) is 5.61. The summed E-state index contributed by atoms with van der Waals surface area (Å²) in [7, 11) is 0. The number of benzene rings is 1. The van der Waals surface area contributed by atoms with E-state index in [1.807, 2.05) is 24.3 Å². The van der Waals surface area contributed by atoms with Crippen molar-refractivity contribution < 1.29 is 14.6 Å². The van der Waals surface area contributed by atoms with E-state index in [9.17, 15) is 9.90 Å². The molecule has 2 aliphatic rings. The van der Waals surface area contributed by atoms with Crippen molar-refractivity contribution in [3.63, 3.8) is 0 Å². The Morgan fingerprint density at radius 1 is 1.24 bits per heavy atom. The molecule has 0 bridgehead atoms.